The van der Waals surface area contributed by atoms with Crippen molar-refractivity contribution in [2.75, 3.05) is 13.2 Å². The van der Waals surface area contributed by atoms with Gasteiger partial charge in [0.25, 0.3) is 0 Å². The molecule has 1 rings (SSSR count). The normalized spacial score (nSPS) is 30.6. The number of ketones is 1. The average Bonchev–Trinajstić information content (AvgIpc) is 2.42. The Morgan fingerprint density at radius 2 is 1.75 bits per heavy atom. The summed E-state index contributed by atoms with van der Waals surface area (Å²) < 4.78 is 23.7. The van der Waals surface area contributed by atoms with Gasteiger partial charge in [-0.05, 0) is 58.1 Å². The van der Waals surface area contributed by atoms with Gasteiger partial charge in [-0.25, -0.2) is 9.65 Å². The van der Waals surface area contributed by atoms with E-state index in [1.54, 1.807) is 13.8 Å². The second-order valence-corrected chi connectivity index (χ2v) is 8.96. The molecular weight excluding hydrogens is 329 g/mol. The zero-order valence-corrected chi connectivity index (χ0v) is 16.6. The molecular formula is C17H32NO5P. The molecule has 0 amide bonds. The summed E-state index contributed by atoms with van der Waals surface area (Å²) in [5.74, 6) is -0.148. The first kappa shape index (κ1) is 21.5. The SMILES string of the molecule is CCOP(=O)(NC1(C)CCCC(C)(C)C1(O)/C=C/C(C)=O)OCC. The Hall–Kier alpha value is -0.520. The fourth-order valence-electron chi connectivity index (χ4n) is 3.54. The first-order valence-electron chi connectivity index (χ1n) is 8.56. The van der Waals surface area contributed by atoms with E-state index in [1.165, 1.54) is 19.1 Å². The van der Waals surface area contributed by atoms with E-state index in [-0.39, 0.29) is 19.0 Å². The van der Waals surface area contributed by atoms with Crippen LogP contribution in [0.25, 0.3) is 0 Å². The third kappa shape index (κ3) is 4.36. The zero-order valence-electron chi connectivity index (χ0n) is 15.7. The number of hydrogen-bond donors (Lipinski definition) is 2. The van der Waals surface area contributed by atoms with E-state index in [0.29, 0.717) is 6.42 Å². The van der Waals surface area contributed by atoms with Crippen molar-refractivity contribution in [2.24, 2.45) is 5.41 Å². The van der Waals surface area contributed by atoms with Crippen LogP contribution in [0.4, 0.5) is 0 Å². The summed E-state index contributed by atoms with van der Waals surface area (Å²) in [5.41, 5.74) is -2.85. The second kappa shape index (κ2) is 7.79. The van der Waals surface area contributed by atoms with Crippen LogP contribution in [0, 0.1) is 5.41 Å². The Balaban J connectivity index is 3.32. The van der Waals surface area contributed by atoms with Crippen LogP contribution in [-0.4, -0.2) is 35.2 Å². The van der Waals surface area contributed by atoms with Gasteiger partial charge in [0.05, 0.1) is 18.8 Å². The minimum atomic E-state index is -3.57. The van der Waals surface area contributed by atoms with Crippen molar-refractivity contribution in [3.8, 4) is 0 Å². The van der Waals surface area contributed by atoms with Crippen molar-refractivity contribution in [1.82, 2.24) is 5.09 Å². The van der Waals surface area contributed by atoms with Crippen LogP contribution in [-0.2, 0) is 18.4 Å². The molecule has 6 nitrogen and oxygen atoms in total. The van der Waals surface area contributed by atoms with Gasteiger partial charge >= 0.3 is 7.75 Å². The number of aliphatic hydroxyl groups is 1. The third-order valence-electron chi connectivity index (χ3n) is 4.89. The molecule has 0 bridgehead atoms. The smallest absolute Gasteiger partial charge is 0.383 e. The fraction of sp³-hybridized carbons (Fsp3) is 0.824. The maximum atomic E-state index is 13.0. The lowest BCUT2D eigenvalue weighted by Gasteiger charge is -2.56. The van der Waals surface area contributed by atoms with E-state index in [1.807, 2.05) is 20.8 Å². The standard InChI is InChI=1S/C17H32NO5P/c1-7-22-24(21,23-8-2)18-16(6)12-9-11-15(4,5)17(16,20)13-10-14(3)19/h10,13,20H,7-9,11-12H2,1-6H3,(H,18,21)/b13-10+. The molecule has 0 aromatic carbocycles. The lowest BCUT2D eigenvalue weighted by atomic mass is 9.57. The largest absolute Gasteiger partial charge is 0.406 e. The van der Waals surface area contributed by atoms with Crippen LogP contribution >= 0.6 is 7.75 Å². The quantitative estimate of drug-likeness (QED) is 0.507. The molecule has 1 saturated carbocycles. The topological polar surface area (TPSA) is 84.9 Å². The van der Waals surface area contributed by atoms with E-state index in [4.69, 9.17) is 9.05 Å². The van der Waals surface area contributed by atoms with Crippen LogP contribution in [0.5, 0.6) is 0 Å². The molecule has 7 heteroatoms. The lowest BCUT2D eigenvalue weighted by Crippen LogP contribution is -2.67. The molecule has 1 aliphatic rings. The Bertz CT molecular complexity index is 523. The number of nitrogens with one attached hydrogen (secondary N) is 1. The number of carbonyl (C=O) groups is 1. The van der Waals surface area contributed by atoms with Crippen molar-refractivity contribution >= 4 is 13.5 Å². The minimum Gasteiger partial charge on any atom is -0.383 e. The summed E-state index contributed by atoms with van der Waals surface area (Å²) in [5, 5.41) is 14.5. The van der Waals surface area contributed by atoms with Crippen LogP contribution < -0.4 is 5.09 Å². The molecule has 0 spiro atoms. The van der Waals surface area contributed by atoms with Crippen molar-refractivity contribution in [2.45, 2.75) is 71.9 Å². The average molecular weight is 361 g/mol. The highest BCUT2D eigenvalue weighted by Crippen LogP contribution is 2.55. The Morgan fingerprint density at radius 1 is 1.21 bits per heavy atom. The Morgan fingerprint density at radius 3 is 2.21 bits per heavy atom. The third-order valence-corrected chi connectivity index (χ3v) is 6.86. The highest BCUT2D eigenvalue weighted by molar-refractivity contribution is 7.51. The second-order valence-electron chi connectivity index (χ2n) is 7.22. The van der Waals surface area contributed by atoms with Gasteiger partial charge in [-0.3, -0.25) is 13.8 Å². The van der Waals surface area contributed by atoms with E-state index in [9.17, 15) is 14.5 Å². The molecule has 0 radical (unpaired) electrons. The first-order chi connectivity index (χ1) is 11.0. The summed E-state index contributed by atoms with van der Waals surface area (Å²) in [6, 6.07) is 0. The van der Waals surface area contributed by atoms with E-state index < -0.39 is 24.3 Å². The highest BCUT2D eigenvalue weighted by Gasteiger charge is 2.59. The molecule has 0 heterocycles. The molecule has 0 aromatic rings. The van der Waals surface area contributed by atoms with Crippen molar-refractivity contribution < 1.29 is 23.5 Å². The molecule has 0 saturated heterocycles. The van der Waals surface area contributed by atoms with Crippen LogP contribution in [0.2, 0.25) is 0 Å². The summed E-state index contributed by atoms with van der Waals surface area (Å²) in [6.07, 6.45) is 5.13. The molecule has 2 N–H and O–H groups in total. The van der Waals surface area contributed by atoms with Crippen LogP contribution in [0.1, 0.15) is 60.8 Å². The number of carbonyl (C=O) groups excluding carboxylic acids is 1. The van der Waals surface area contributed by atoms with Crippen molar-refractivity contribution in [3.05, 3.63) is 12.2 Å². The van der Waals surface area contributed by atoms with Crippen molar-refractivity contribution in [3.63, 3.8) is 0 Å². The van der Waals surface area contributed by atoms with Gasteiger partial charge in [0.2, 0.25) is 0 Å². The molecule has 1 fully saturated rings. The summed E-state index contributed by atoms with van der Waals surface area (Å²) in [4.78, 5) is 11.4. The van der Waals surface area contributed by atoms with Gasteiger partial charge in [0, 0.05) is 0 Å². The molecule has 2 unspecified atom stereocenters. The molecule has 2 atom stereocenters. The molecule has 1 aliphatic carbocycles. The molecule has 24 heavy (non-hydrogen) atoms. The van der Waals surface area contributed by atoms with Gasteiger partial charge in [-0.2, -0.15) is 0 Å². The van der Waals surface area contributed by atoms with Gasteiger partial charge in [-0.1, -0.05) is 20.3 Å². The highest BCUT2D eigenvalue weighted by atomic mass is 31.2. The Labute approximate surface area is 145 Å². The zero-order chi connectivity index (χ0) is 18.6. The monoisotopic (exact) mass is 361 g/mol. The van der Waals surface area contributed by atoms with E-state index >= 15 is 0 Å². The summed E-state index contributed by atoms with van der Waals surface area (Å²) in [7, 11) is -3.57. The maximum absolute atomic E-state index is 13.0. The fourth-order valence-corrected chi connectivity index (χ4v) is 5.31. The van der Waals surface area contributed by atoms with Gasteiger partial charge in [0.1, 0.15) is 5.60 Å². The summed E-state index contributed by atoms with van der Waals surface area (Å²) >= 11 is 0. The lowest BCUT2D eigenvalue weighted by molar-refractivity contribution is -0.118. The predicted octanol–water partition coefficient (Wildman–Crippen LogP) is 3.60. The molecule has 140 valence electrons. The minimum absolute atomic E-state index is 0.148. The van der Waals surface area contributed by atoms with E-state index in [0.717, 1.165) is 12.8 Å². The first-order valence-corrected chi connectivity index (χ1v) is 10.1. The maximum Gasteiger partial charge on any atom is 0.406 e. The van der Waals surface area contributed by atoms with Gasteiger partial charge < -0.3 is 5.11 Å². The van der Waals surface area contributed by atoms with Crippen LogP contribution in [0.15, 0.2) is 12.2 Å². The molecule has 0 aliphatic heterocycles. The molecule has 0 aromatic heterocycles. The van der Waals surface area contributed by atoms with E-state index in [2.05, 4.69) is 5.09 Å². The van der Waals surface area contributed by atoms with Gasteiger partial charge in [-0.15, -0.1) is 0 Å². The predicted molar refractivity (Wildman–Crippen MR) is 94.8 cm³/mol. The number of rotatable bonds is 8. The Kier molecular flexibility index (Phi) is 6.99. The van der Waals surface area contributed by atoms with Crippen molar-refractivity contribution in [1.29, 1.82) is 0 Å². The van der Waals surface area contributed by atoms with Crippen LogP contribution in [0.3, 0.4) is 0 Å². The number of allylic oxidation sites excluding steroid dienone is 1. The van der Waals surface area contributed by atoms with Gasteiger partial charge in [0.15, 0.2) is 5.78 Å². The summed E-state index contributed by atoms with van der Waals surface area (Å²) in [6.45, 7) is 11.1. The number of hydrogen-bond acceptors (Lipinski definition) is 5.